The summed E-state index contributed by atoms with van der Waals surface area (Å²) < 4.78 is 1.79. The summed E-state index contributed by atoms with van der Waals surface area (Å²) in [7, 11) is 1.87. The first kappa shape index (κ1) is 16.2. The lowest BCUT2D eigenvalue weighted by molar-refractivity contribution is -0.142. The van der Waals surface area contributed by atoms with Gasteiger partial charge in [0, 0.05) is 31.3 Å². The summed E-state index contributed by atoms with van der Waals surface area (Å²) in [6.07, 6.45) is 0.0350. The van der Waals surface area contributed by atoms with E-state index in [0.717, 1.165) is 22.5 Å². The van der Waals surface area contributed by atoms with Crippen molar-refractivity contribution in [1.82, 2.24) is 14.7 Å². The van der Waals surface area contributed by atoms with Gasteiger partial charge in [-0.05, 0) is 19.4 Å². The molecule has 1 amide bonds. The fourth-order valence-corrected chi connectivity index (χ4v) is 3.48. The number of benzene rings is 1. The monoisotopic (exact) mass is 327 g/mol. The Bertz CT molecular complexity index is 782. The van der Waals surface area contributed by atoms with Gasteiger partial charge in [-0.1, -0.05) is 30.3 Å². The Morgan fingerprint density at radius 2 is 1.96 bits per heavy atom. The number of aromatic nitrogens is 2. The van der Waals surface area contributed by atoms with Gasteiger partial charge in [0.2, 0.25) is 5.91 Å². The van der Waals surface area contributed by atoms with Gasteiger partial charge in [-0.3, -0.25) is 14.3 Å². The summed E-state index contributed by atoms with van der Waals surface area (Å²) in [4.78, 5) is 25.9. The van der Waals surface area contributed by atoms with Gasteiger partial charge in [0.15, 0.2) is 0 Å². The predicted molar refractivity (Wildman–Crippen MR) is 88.2 cm³/mol. The Hall–Kier alpha value is -2.63. The van der Waals surface area contributed by atoms with Crippen LogP contribution in [0.1, 0.15) is 35.0 Å². The Labute approximate surface area is 140 Å². The van der Waals surface area contributed by atoms with E-state index < -0.39 is 17.9 Å². The molecule has 24 heavy (non-hydrogen) atoms. The van der Waals surface area contributed by atoms with Crippen molar-refractivity contribution in [2.45, 2.75) is 32.9 Å². The van der Waals surface area contributed by atoms with Gasteiger partial charge in [0.05, 0.1) is 17.7 Å². The van der Waals surface area contributed by atoms with Gasteiger partial charge in [0.1, 0.15) is 0 Å². The molecule has 6 heteroatoms. The van der Waals surface area contributed by atoms with Crippen LogP contribution in [0.2, 0.25) is 0 Å². The largest absolute Gasteiger partial charge is 0.481 e. The molecule has 3 rings (SSSR count). The Morgan fingerprint density at radius 1 is 1.29 bits per heavy atom. The number of likely N-dealkylation sites (tertiary alicyclic amines) is 1. The van der Waals surface area contributed by atoms with Crippen LogP contribution in [0, 0.1) is 19.8 Å². The molecule has 0 unspecified atom stereocenters. The van der Waals surface area contributed by atoms with E-state index in [9.17, 15) is 14.7 Å². The highest BCUT2D eigenvalue weighted by molar-refractivity contribution is 5.87. The molecule has 0 spiro atoms. The molecule has 0 radical (unpaired) electrons. The second-order valence-electron chi connectivity index (χ2n) is 6.30. The van der Waals surface area contributed by atoms with Crippen molar-refractivity contribution in [3.05, 3.63) is 52.8 Å². The van der Waals surface area contributed by atoms with E-state index >= 15 is 0 Å². The fourth-order valence-electron chi connectivity index (χ4n) is 3.48. The predicted octanol–water partition coefficient (Wildman–Crippen LogP) is 2.21. The molecule has 2 heterocycles. The highest BCUT2D eigenvalue weighted by Crippen LogP contribution is 2.39. The van der Waals surface area contributed by atoms with Crippen molar-refractivity contribution in [3.63, 3.8) is 0 Å². The molecule has 0 aliphatic carbocycles. The number of aryl methyl sites for hydroxylation is 2. The minimum Gasteiger partial charge on any atom is -0.481 e. The number of carboxylic acids is 1. The number of hydrogen-bond acceptors (Lipinski definition) is 3. The SMILES string of the molecule is Cc1nn(C)c(C)c1CN1C(=O)C[C@@H](C(=O)O)[C@H]1c1ccccc1. The van der Waals surface area contributed by atoms with Crippen LogP contribution in [0.5, 0.6) is 0 Å². The summed E-state index contributed by atoms with van der Waals surface area (Å²) in [5.74, 6) is -1.78. The lowest BCUT2D eigenvalue weighted by atomic mass is 9.93. The quantitative estimate of drug-likeness (QED) is 0.934. The molecule has 2 atom stereocenters. The summed E-state index contributed by atoms with van der Waals surface area (Å²) in [6, 6.07) is 8.95. The summed E-state index contributed by atoms with van der Waals surface area (Å²) in [6.45, 7) is 4.25. The third-order valence-electron chi connectivity index (χ3n) is 4.88. The number of nitrogens with zero attached hydrogens (tertiary/aromatic N) is 3. The van der Waals surface area contributed by atoms with E-state index in [1.807, 2.05) is 51.2 Å². The molecular formula is C18H21N3O3. The average Bonchev–Trinajstić information content (AvgIpc) is 3.00. The molecule has 1 aliphatic rings. The molecule has 1 aromatic carbocycles. The van der Waals surface area contributed by atoms with E-state index in [0.29, 0.717) is 6.54 Å². The molecular weight excluding hydrogens is 306 g/mol. The molecule has 0 bridgehead atoms. The maximum Gasteiger partial charge on any atom is 0.309 e. The third-order valence-corrected chi connectivity index (χ3v) is 4.88. The van der Waals surface area contributed by atoms with Crippen molar-refractivity contribution in [2.75, 3.05) is 0 Å². The molecule has 126 valence electrons. The van der Waals surface area contributed by atoms with Crippen molar-refractivity contribution in [1.29, 1.82) is 0 Å². The Balaban J connectivity index is 2.00. The zero-order valence-electron chi connectivity index (χ0n) is 14.1. The van der Waals surface area contributed by atoms with Gasteiger partial charge in [-0.25, -0.2) is 0 Å². The maximum absolute atomic E-state index is 12.5. The molecule has 2 aromatic rings. The van der Waals surface area contributed by atoms with Crippen LogP contribution in [0.4, 0.5) is 0 Å². The van der Waals surface area contributed by atoms with Crippen LogP contribution in [-0.2, 0) is 23.2 Å². The highest BCUT2D eigenvalue weighted by atomic mass is 16.4. The molecule has 6 nitrogen and oxygen atoms in total. The smallest absolute Gasteiger partial charge is 0.309 e. The number of rotatable bonds is 4. The van der Waals surface area contributed by atoms with Crippen molar-refractivity contribution >= 4 is 11.9 Å². The van der Waals surface area contributed by atoms with Gasteiger partial charge < -0.3 is 10.0 Å². The molecule has 1 saturated heterocycles. The summed E-state index contributed by atoms with van der Waals surface area (Å²) in [5, 5.41) is 14.0. The van der Waals surface area contributed by atoms with Crippen LogP contribution >= 0.6 is 0 Å². The van der Waals surface area contributed by atoms with Crippen LogP contribution in [0.25, 0.3) is 0 Å². The minimum absolute atomic E-state index is 0.0350. The number of carbonyl (C=O) groups is 2. The lowest BCUT2D eigenvalue weighted by Gasteiger charge is -2.27. The van der Waals surface area contributed by atoms with Crippen molar-refractivity contribution < 1.29 is 14.7 Å². The summed E-state index contributed by atoms with van der Waals surface area (Å²) in [5.41, 5.74) is 3.70. The molecule has 1 aliphatic heterocycles. The minimum atomic E-state index is -0.931. The van der Waals surface area contributed by atoms with E-state index in [1.165, 1.54) is 0 Å². The highest BCUT2D eigenvalue weighted by Gasteiger charge is 2.44. The Kier molecular flexibility index (Phi) is 4.13. The van der Waals surface area contributed by atoms with Crippen LogP contribution in [-0.4, -0.2) is 31.7 Å². The van der Waals surface area contributed by atoms with Gasteiger partial charge in [0.25, 0.3) is 0 Å². The first-order valence-corrected chi connectivity index (χ1v) is 7.96. The number of amides is 1. The number of aliphatic carboxylic acids is 1. The zero-order chi connectivity index (χ0) is 17.4. The second-order valence-corrected chi connectivity index (χ2v) is 6.30. The van der Waals surface area contributed by atoms with E-state index in [2.05, 4.69) is 5.10 Å². The van der Waals surface area contributed by atoms with Gasteiger partial charge in [-0.2, -0.15) is 5.10 Å². The van der Waals surface area contributed by atoms with Gasteiger partial charge >= 0.3 is 5.97 Å². The number of hydrogen-bond donors (Lipinski definition) is 1. The molecule has 1 N–H and O–H groups in total. The first-order valence-electron chi connectivity index (χ1n) is 7.96. The van der Waals surface area contributed by atoms with Gasteiger partial charge in [-0.15, -0.1) is 0 Å². The molecule has 0 saturated carbocycles. The van der Waals surface area contributed by atoms with Crippen LogP contribution in [0.3, 0.4) is 0 Å². The van der Waals surface area contributed by atoms with Crippen LogP contribution in [0.15, 0.2) is 30.3 Å². The molecule has 1 fully saturated rings. The second kappa shape index (κ2) is 6.11. The Morgan fingerprint density at radius 3 is 2.50 bits per heavy atom. The van der Waals surface area contributed by atoms with E-state index in [4.69, 9.17) is 0 Å². The first-order chi connectivity index (χ1) is 11.4. The average molecular weight is 327 g/mol. The number of carboxylic acid groups (broad SMARTS) is 1. The van der Waals surface area contributed by atoms with Crippen molar-refractivity contribution in [3.8, 4) is 0 Å². The molecule has 1 aromatic heterocycles. The third kappa shape index (κ3) is 2.68. The zero-order valence-corrected chi connectivity index (χ0v) is 14.1. The topological polar surface area (TPSA) is 75.4 Å². The van der Waals surface area contributed by atoms with Crippen molar-refractivity contribution in [2.24, 2.45) is 13.0 Å². The fraction of sp³-hybridized carbons (Fsp3) is 0.389. The van der Waals surface area contributed by atoms with E-state index in [-0.39, 0.29) is 12.3 Å². The normalized spacial score (nSPS) is 20.6. The van der Waals surface area contributed by atoms with E-state index in [1.54, 1.807) is 9.58 Å². The number of carbonyl (C=O) groups excluding carboxylic acids is 1. The van der Waals surface area contributed by atoms with Crippen LogP contribution < -0.4 is 0 Å². The lowest BCUT2D eigenvalue weighted by Crippen LogP contribution is -2.30. The summed E-state index contributed by atoms with van der Waals surface area (Å²) >= 11 is 0. The standard InChI is InChI=1S/C18H21N3O3/c1-11-15(12(2)20(3)19-11)10-21-16(22)9-14(18(23)24)17(21)13-7-5-4-6-8-13/h4-8,14,17H,9-10H2,1-3H3,(H,23,24)/t14-,17-/m1/s1. The maximum atomic E-state index is 12.5.